The molecule has 0 bridgehead atoms. The molecule has 0 saturated heterocycles. The number of unbranched alkanes of at least 4 members (excludes halogenated alkanes) is 13. The number of nitrogens with zero attached hydrogens (tertiary/aromatic N) is 4. The number of anilines is 1. The van der Waals surface area contributed by atoms with E-state index in [1.165, 1.54) is 89.8 Å². The van der Waals surface area contributed by atoms with Gasteiger partial charge in [0.2, 0.25) is 0 Å². The summed E-state index contributed by atoms with van der Waals surface area (Å²) in [4.78, 5) is 12.5. The quantitative estimate of drug-likeness (QED) is 0.0536. The molecule has 3 aromatic rings. The van der Waals surface area contributed by atoms with Gasteiger partial charge in [-0.25, -0.2) is 19.5 Å². The maximum Gasteiger partial charge on any atom is 0.404 e. The van der Waals surface area contributed by atoms with Gasteiger partial charge in [-0.15, -0.1) is 0 Å². The topological polar surface area (TPSA) is 144 Å². The molecule has 2 aromatic heterocycles. The number of aliphatic hydroxyl groups is 1. The van der Waals surface area contributed by atoms with E-state index in [0.29, 0.717) is 36.5 Å². The Morgan fingerprint density at radius 2 is 1.48 bits per heavy atom. The number of aromatic nitrogens is 4. The number of para-hydroxylation sites is 1. The summed E-state index contributed by atoms with van der Waals surface area (Å²) < 4.78 is 39.3. The maximum atomic E-state index is 13.9. The molecule has 0 radical (unpaired) electrons. The normalized spacial score (nSPS) is 14.2. The summed E-state index contributed by atoms with van der Waals surface area (Å²) >= 11 is 0. The molecule has 3 rings (SSSR count). The van der Waals surface area contributed by atoms with Crippen molar-refractivity contribution >= 4 is 24.6 Å². The van der Waals surface area contributed by atoms with Gasteiger partial charge in [0.1, 0.15) is 17.6 Å². The van der Waals surface area contributed by atoms with Gasteiger partial charge in [-0.2, -0.15) is 0 Å². The van der Waals surface area contributed by atoms with Crippen LogP contribution >= 0.6 is 7.60 Å². The van der Waals surface area contributed by atoms with Crippen molar-refractivity contribution in [3.63, 3.8) is 0 Å². The van der Waals surface area contributed by atoms with Gasteiger partial charge in [0, 0.05) is 6.61 Å². The first-order valence-electron chi connectivity index (χ1n) is 18.2. The predicted molar refractivity (Wildman–Crippen MR) is 192 cm³/mol. The lowest BCUT2D eigenvalue weighted by Crippen LogP contribution is -2.23. The van der Waals surface area contributed by atoms with Crippen molar-refractivity contribution in [3.05, 3.63) is 43.0 Å². The summed E-state index contributed by atoms with van der Waals surface area (Å²) in [7, 11) is -3.73. The van der Waals surface area contributed by atoms with Crippen molar-refractivity contribution in [3.8, 4) is 5.75 Å². The molecule has 3 N–H and O–H groups in total. The van der Waals surface area contributed by atoms with Crippen LogP contribution in [0.3, 0.4) is 0 Å². The van der Waals surface area contributed by atoms with E-state index in [9.17, 15) is 9.67 Å². The Balaban J connectivity index is 1.35. The van der Waals surface area contributed by atoms with Crippen molar-refractivity contribution in [1.29, 1.82) is 0 Å². The van der Waals surface area contributed by atoms with Crippen LogP contribution < -0.4 is 10.3 Å². The molecule has 11 nitrogen and oxygen atoms in total. The fourth-order valence-corrected chi connectivity index (χ4v) is 7.06. The molecule has 0 amide bonds. The number of nitrogens with two attached hydrogens (primary N) is 1. The summed E-state index contributed by atoms with van der Waals surface area (Å²) in [6, 6.07) is 8.89. The zero-order chi connectivity index (χ0) is 34.3. The number of nitrogen functional groups attached to an aromatic ring is 1. The number of aliphatic hydroxyl groups excluding tert-OH is 1. The Labute approximate surface area is 287 Å². The molecule has 0 aliphatic carbocycles. The molecule has 270 valence electrons. The molecule has 12 heteroatoms. The summed E-state index contributed by atoms with van der Waals surface area (Å²) in [5.41, 5.74) is 6.96. The first kappa shape index (κ1) is 39.9. The Kier molecular flexibility index (Phi) is 19.7. The first-order valence-corrected chi connectivity index (χ1v) is 19.9. The van der Waals surface area contributed by atoms with Gasteiger partial charge in [-0.05, 0) is 31.9 Å². The minimum Gasteiger partial charge on any atom is -0.423 e. The minimum absolute atomic E-state index is 0.0911. The smallest absolute Gasteiger partial charge is 0.404 e. The number of hydrogen-bond acceptors (Lipinski definition) is 10. The molecule has 3 unspecified atom stereocenters. The third-order valence-corrected chi connectivity index (χ3v) is 10.0. The zero-order valence-electron chi connectivity index (χ0n) is 29.3. The van der Waals surface area contributed by atoms with Crippen molar-refractivity contribution < 1.29 is 28.2 Å². The van der Waals surface area contributed by atoms with Gasteiger partial charge >= 0.3 is 7.60 Å². The van der Waals surface area contributed by atoms with E-state index in [1.54, 1.807) is 35.2 Å². The fourth-order valence-electron chi connectivity index (χ4n) is 5.69. The Morgan fingerprint density at radius 3 is 2.12 bits per heavy atom. The standard InChI is InChI=1S/C36H60N5O6P/c1-3-4-5-6-7-8-9-10-11-12-13-14-15-17-20-31(2)44-25-26-46-48(43,47-32-21-18-16-19-22-32)30-45-33(23-24-42)27-41-29-40-34-35(37)38-28-39-36(34)41/h16,18-19,21-22,28-29,31,33,42H,3-15,17,20,23-27,30H2,1-2H3,(H2,37,38,39). The van der Waals surface area contributed by atoms with E-state index in [4.69, 9.17) is 24.3 Å². The third-order valence-electron chi connectivity index (χ3n) is 8.47. The summed E-state index contributed by atoms with van der Waals surface area (Å²) in [5.74, 6) is 0.701. The monoisotopic (exact) mass is 689 g/mol. The SMILES string of the molecule is CCCCCCCCCCCCCCCCC(C)OCCOP(=O)(COC(CCO)Cn1cnc2c(N)ncnc21)Oc1ccccc1. The second kappa shape index (κ2) is 23.7. The maximum absolute atomic E-state index is 13.9. The highest BCUT2D eigenvalue weighted by molar-refractivity contribution is 7.54. The lowest BCUT2D eigenvalue weighted by Gasteiger charge is -2.23. The van der Waals surface area contributed by atoms with E-state index in [0.717, 1.165) is 12.8 Å². The fraction of sp³-hybridized carbons (Fsp3) is 0.694. The molecule has 0 saturated carbocycles. The number of ether oxygens (including phenoxy) is 2. The highest BCUT2D eigenvalue weighted by Gasteiger charge is 2.29. The highest BCUT2D eigenvalue weighted by Crippen LogP contribution is 2.48. The van der Waals surface area contributed by atoms with Gasteiger partial charge in [-0.3, -0.25) is 4.52 Å². The summed E-state index contributed by atoms with van der Waals surface area (Å²) in [6.07, 6.45) is 22.3. The Hall–Kier alpha value is -2.56. The number of hydrogen-bond donors (Lipinski definition) is 2. The van der Waals surface area contributed by atoms with Gasteiger partial charge in [0.05, 0.1) is 38.3 Å². The summed E-state index contributed by atoms with van der Waals surface area (Å²) in [5, 5.41) is 9.69. The van der Waals surface area contributed by atoms with Crippen LogP contribution in [0.1, 0.15) is 117 Å². The third kappa shape index (κ3) is 15.8. The number of fused-ring (bicyclic) bond motifs is 1. The molecule has 0 aliphatic heterocycles. The van der Waals surface area contributed by atoms with Crippen molar-refractivity contribution in [2.45, 2.75) is 135 Å². The first-order chi connectivity index (χ1) is 23.4. The van der Waals surface area contributed by atoms with Gasteiger partial charge in [0.25, 0.3) is 0 Å². The average Bonchev–Trinajstić information content (AvgIpc) is 3.50. The average molecular weight is 690 g/mol. The molecule has 0 fully saturated rings. The molecule has 3 atom stereocenters. The van der Waals surface area contributed by atoms with Crippen LogP contribution in [-0.4, -0.2) is 63.0 Å². The molecule has 0 aliphatic rings. The van der Waals surface area contributed by atoms with E-state index in [1.807, 2.05) is 6.07 Å². The molecule has 1 aromatic carbocycles. The number of imidazole rings is 1. The van der Waals surface area contributed by atoms with E-state index < -0.39 is 13.7 Å². The van der Waals surface area contributed by atoms with Crippen LogP contribution in [0.4, 0.5) is 5.82 Å². The van der Waals surface area contributed by atoms with Crippen LogP contribution in [0.5, 0.6) is 5.75 Å². The van der Waals surface area contributed by atoms with Gasteiger partial charge in [0.15, 0.2) is 17.8 Å². The van der Waals surface area contributed by atoms with Crippen molar-refractivity contribution in [2.24, 2.45) is 0 Å². The van der Waals surface area contributed by atoms with Gasteiger partial charge < -0.3 is 29.4 Å². The van der Waals surface area contributed by atoms with Crippen LogP contribution in [0.15, 0.2) is 43.0 Å². The molecule has 0 spiro atoms. The Bertz CT molecular complexity index is 1300. The number of rotatable bonds is 29. The van der Waals surface area contributed by atoms with Crippen LogP contribution in [0, 0.1) is 0 Å². The lowest BCUT2D eigenvalue weighted by molar-refractivity contribution is 0.0249. The highest BCUT2D eigenvalue weighted by atomic mass is 31.2. The number of benzene rings is 1. The van der Waals surface area contributed by atoms with Crippen molar-refractivity contribution in [2.75, 3.05) is 31.9 Å². The predicted octanol–water partition coefficient (Wildman–Crippen LogP) is 8.70. The van der Waals surface area contributed by atoms with Gasteiger partial charge in [-0.1, -0.05) is 115 Å². The molecular weight excluding hydrogens is 629 g/mol. The van der Waals surface area contributed by atoms with E-state index in [-0.39, 0.29) is 31.5 Å². The van der Waals surface area contributed by atoms with Crippen LogP contribution in [-0.2, 0) is 25.1 Å². The van der Waals surface area contributed by atoms with E-state index >= 15 is 0 Å². The van der Waals surface area contributed by atoms with Crippen LogP contribution in [0.25, 0.3) is 11.2 Å². The Morgan fingerprint density at radius 1 is 0.833 bits per heavy atom. The molecular formula is C36H60N5O6P. The second-order valence-electron chi connectivity index (χ2n) is 12.7. The molecule has 2 heterocycles. The lowest BCUT2D eigenvalue weighted by atomic mass is 10.0. The summed E-state index contributed by atoms with van der Waals surface area (Å²) in [6.45, 7) is 4.92. The minimum atomic E-state index is -3.73. The zero-order valence-corrected chi connectivity index (χ0v) is 30.2. The largest absolute Gasteiger partial charge is 0.423 e. The van der Waals surface area contributed by atoms with Crippen molar-refractivity contribution in [1.82, 2.24) is 19.5 Å². The second-order valence-corrected chi connectivity index (χ2v) is 14.6. The van der Waals surface area contributed by atoms with Crippen LogP contribution in [0.2, 0.25) is 0 Å². The van der Waals surface area contributed by atoms with E-state index in [2.05, 4.69) is 28.8 Å². The molecule has 48 heavy (non-hydrogen) atoms.